The lowest BCUT2D eigenvalue weighted by Gasteiger charge is -2.05. The van der Waals surface area contributed by atoms with Crippen molar-refractivity contribution >= 4 is 9.84 Å². The van der Waals surface area contributed by atoms with E-state index in [1.165, 1.54) is 6.26 Å². The molecule has 2 aromatic rings. The molecule has 0 atom stereocenters. The molecule has 0 saturated carbocycles. The molecule has 0 unspecified atom stereocenters. The second-order valence-corrected chi connectivity index (χ2v) is 7.34. The van der Waals surface area contributed by atoms with Crippen molar-refractivity contribution in [1.29, 1.82) is 0 Å². The number of sulfone groups is 1. The van der Waals surface area contributed by atoms with Gasteiger partial charge >= 0.3 is 0 Å². The topological polar surface area (TPSA) is 102 Å². The number of aromatic amines is 1. The molecule has 1 aromatic heterocycles. The first-order chi connectivity index (χ1) is 10.5. The zero-order valence-corrected chi connectivity index (χ0v) is 13.6. The molecule has 120 valence electrons. The molecule has 2 rings (SSSR count). The average Bonchev–Trinajstić information content (AvgIpc) is 2.91. The van der Waals surface area contributed by atoms with E-state index < -0.39 is 9.84 Å². The number of rotatable bonds is 8. The molecule has 1 aromatic carbocycles. The monoisotopic (exact) mass is 322 g/mol. The SMILES string of the molecule is CS(=O)(=O)c1ccccc1Cc1nc(CCCCCN)n[nH]1. The second kappa shape index (κ2) is 7.51. The van der Waals surface area contributed by atoms with Crippen molar-refractivity contribution in [2.45, 2.75) is 37.0 Å². The van der Waals surface area contributed by atoms with Gasteiger partial charge in [0, 0.05) is 19.1 Å². The summed E-state index contributed by atoms with van der Waals surface area (Å²) in [7, 11) is -3.24. The van der Waals surface area contributed by atoms with E-state index in [1.807, 2.05) is 6.07 Å². The number of nitrogens with two attached hydrogens (primary N) is 1. The number of aryl methyl sites for hydroxylation is 1. The Morgan fingerprint density at radius 1 is 1.18 bits per heavy atom. The van der Waals surface area contributed by atoms with E-state index in [1.54, 1.807) is 18.2 Å². The Balaban J connectivity index is 2.05. The molecular weight excluding hydrogens is 300 g/mol. The Bertz CT molecular complexity index is 710. The highest BCUT2D eigenvalue weighted by Crippen LogP contribution is 2.17. The third-order valence-electron chi connectivity index (χ3n) is 3.41. The van der Waals surface area contributed by atoms with Gasteiger partial charge in [-0.05, 0) is 31.0 Å². The first-order valence-electron chi connectivity index (χ1n) is 7.39. The van der Waals surface area contributed by atoms with Crippen LogP contribution in [0.25, 0.3) is 0 Å². The van der Waals surface area contributed by atoms with E-state index in [2.05, 4.69) is 15.2 Å². The number of hydrogen-bond donors (Lipinski definition) is 2. The van der Waals surface area contributed by atoms with Crippen LogP contribution in [0, 0.1) is 0 Å². The molecule has 0 fully saturated rings. The van der Waals surface area contributed by atoms with Crippen LogP contribution in [-0.2, 0) is 22.7 Å². The lowest BCUT2D eigenvalue weighted by atomic mass is 10.1. The summed E-state index contributed by atoms with van der Waals surface area (Å²) in [6.07, 6.45) is 5.54. The minimum Gasteiger partial charge on any atom is -0.330 e. The highest BCUT2D eigenvalue weighted by atomic mass is 32.2. The molecule has 0 aliphatic carbocycles. The molecule has 3 N–H and O–H groups in total. The summed E-state index contributed by atoms with van der Waals surface area (Å²) < 4.78 is 23.6. The highest BCUT2D eigenvalue weighted by Gasteiger charge is 2.14. The summed E-state index contributed by atoms with van der Waals surface area (Å²) in [5.41, 5.74) is 6.19. The number of aromatic nitrogens is 3. The molecule has 0 aliphatic heterocycles. The smallest absolute Gasteiger partial charge is 0.175 e. The van der Waals surface area contributed by atoms with Gasteiger partial charge in [0.2, 0.25) is 0 Å². The summed E-state index contributed by atoms with van der Waals surface area (Å²) in [6.45, 7) is 0.710. The standard InChI is InChI=1S/C15H22N4O2S/c1-22(20,21)13-8-5-4-7-12(13)11-15-17-14(18-19-15)9-3-2-6-10-16/h4-5,7-8H,2-3,6,9-11,16H2,1H3,(H,17,18,19). The Hall–Kier alpha value is -1.73. The molecule has 0 bridgehead atoms. The van der Waals surface area contributed by atoms with Gasteiger partial charge in [-0.25, -0.2) is 13.4 Å². The molecule has 0 radical (unpaired) electrons. The number of hydrogen-bond acceptors (Lipinski definition) is 5. The normalized spacial score (nSPS) is 11.7. The van der Waals surface area contributed by atoms with Crippen LogP contribution in [-0.4, -0.2) is 36.4 Å². The Morgan fingerprint density at radius 2 is 1.95 bits per heavy atom. The maximum absolute atomic E-state index is 11.8. The van der Waals surface area contributed by atoms with Crippen molar-refractivity contribution in [3.05, 3.63) is 41.5 Å². The van der Waals surface area contributed by atoms with Gasteiger partial charge in [-0.2, -0.15) is 5.10 Å². The van der Waals surface area contributed by atoms with Crippen LogP contribution in [0.3, 0.4) is 0 Å². The van der Waals surface area contributed by atoms with Crippen LogP contribution < -0.4 is 5.73 Å². The van der Waals surface area contributed by atoms with E-state index in [-0.39, 0.29) is 0 Å². The molecule has 1 heterocycles. The van der Waals surface area contributed by atoms with Crippen molar-refractivity contribution in [2.75, 3.05) is 12.8 Å². The van der Waals surface area contributed by atoms with Crippen molar-refractivity contribution in [3.8, 4) is 0 Å². The molecule has 0 saturated heterocycles. The van der Waals surface area contributed by atoms with Gasteiger partial charge in [0.1, 0.15) is 5.82 Å². The predicted octanol–water partition coefficient (Wildman–Crippen LogP) is 1.47. The summed E-state index contributed by atoms with van der Waals surface area (Å²) >= 11 is 0. The summed E-state index contributed by atoms with van der Waals surface area (Å²) in [5, 5.41) is 7.08. The quantitative estimate of drug-likeness (QED) is 0.717. The molecule has 22 heavy (non-hydrogen) atoms. The maximum atomic E-state index is 11.8. The Kier molecular flexibility index (Phi) is 5.68. The predicted molar refractivity (Wildman–Crippen MR) is 85.3 cm³/mol. The third-order valence-corrected chi connectivity index (χ3v) is 4.61. The largest absolute Gasteiger partial charge is 0.330 e. The van der Waals surface area contributed by atoms with Gasteiger partial charge in [0.15, 0.2) is 15.7 Å². The lowest BCUT2D eigenvalue weighted by molar-refractivity contribution is 0.601. The van der Waals surface area contributed by atoms with Crippen LogP contribution in [0.2, 0.25) is 0 Å². The summed E-state index contributed by atoms with van der Waals surface area (Å²) in [5.74, 6) is 1.45. The maximum Gasteiger partial charge on any atom is 0.175 e. The number of nitrogens with one attached hydrogen (secondary N) is 1. The number of benzene rings is 1. The van der Waals surface area contributed by atoms with E-state index in [0.29, 0.717) is 23.7 Å². The van der Waals surface area contributed by atoms with Gasteiger partial charge in [-0.15, -0.1) is 0 Å². The number of nitrogens with zero attached hydrogens (tertiary/aromatic N) is 2. The van der Waals surface area contributed by atoms with Gasteiger partial charge in [0.05, 0.1) is 4.90 Å². The highest BCUT2D eigenvalue weighted by molar-refractivity contribution is 7.90. The summed E-state index contributed by atoms with van der Waals surface area (Å²) in [4.78, 5) is 4.78. The van der Waals surface area contributed by atoms with Gasteiger partial charge < -0.3 is 5.73 Å². The van der Waals surface area contributed by atoms with Crippen molar-refractivity contribution in [1.82, 2.24) is 15.2 Å². The van der Waals surface area contributed by atoms with Crippen LogP contribution in [0.1, 0.15) is 36.5 Å². The third kappa shape index (κ3) is 4.64. The molecule has 0 aliphatic rings. The average molecular weight is 322 g/mol. The van der Waals surface area contributed by atoms with E-state index >= 15 is 0 Å². The minimum absolute atomic E-state index is 0.343. The van der Waals surface area contributed by atoms with Crippen molar-refractivity contribution < 1.29 is 8.42 Å². The number of unbranched alkanes of at least 4 members (excludes halogenated alkanes) is 2. The molecule has 7 heteroatoms. The number of H-pyrrole nitrogens is 1. The fourth-order valence-electron chi connectivity index (χ4n) is 2.32. The van der Waals surface area contributed by atoms with Gasteiger partial charge in [-0.3, -0.25) is 5.10 Å². The van der Waals surface area contributed by atoms with Gasteiger partial charge in [-0.1, -0.05) is 24.6 Å². The van der Waals surface area contributed by atoms with Crippen LogP contribution >= 0.6 is 0 Å². The molecule has 6 nitrogen and oxygen atoms in total. The zero-order chi connectivity index (χ0) is 16.0. The van der Waals surface area contributed by atoms with Crippen molar-refractivity contribution in [3.63, 3.8) is 0 Å². The van der Waals surface area contributed by atoms with E-state index in [9.17, 15) is 8.42 Å². The van der Waals surface area contributed by atoms with Crippen LogP contribution in [0.15, 0.2) is 29.2 Å². The first-order valence-corrected chi connectivity index (χ1v) is 9.28. The molecule has 0 spiro atoms. The van der Waals surface area contributed by atoms with Crippen LogP contribution in [0.5, 0.6) is 0 Å². The lowest BCUT2D eigenvalue weighted by Crippen LogP contribution is -2.03. The minimum atomic E-state index is -3.24. The first kappa shape index (κ1) is 16.6. The second-order valence-electron chi connectivity index (χ2n) is 5.35. The zero-order valence-electron chi connectivity index (χ0n) is 12.7. The van der Waals surface area contributed by atoms with Crippen LogP contribution in [0.4, 0.5) is 0 Å². The fourth-order valence-corrected chi connectivity index (χ4v) is 3.26. The van der Waals surface area contributed by atoms with E-state index in [0.717, 1.165) is 37.1 Å². The Labute approximate surface area is 131 Å². The van der Waals surface area contributed by atoms with E-state index in [4.69, 9.17) is 5.73 Å². The summed E-state index contributed by atoms with van der Waals surface area (Å²) in [6, 6.07) is 6.98. The molecular formula is C15H22N4O2S. The van der Waals surface area contributed by atoms with Crippen molar-refractivity contribution in [2.24, 2.45) is 5.73 Å². The Morgan fingerprint density at radius 3 is 2.68 bits per heavy atom. The van der Waals surface area contributed by atoms with Gasteiger partial charge in [0.25, 0.3) is 0 Å². The fraction of sp³-hybridized carbons (Fsp3) is 0.467. The molecule has 0 amide bonds.